The van der Waals surface area contributed by atoms with Crippen molar-refractivity contribution in [1.29, 1.82) is 0 Å². The quantitative estimate of drug-likeness (QED) is 0.547. The highest BCUT2D eigenvalue weighted by Gasteiger charge is 2.07. The van der Waals surface area contributed by atoms with Crippen LogP contribution in [-0.4, -0.2) is 18.2 Å². The van der Waals surface area contributed by atoms with Crippen molar-refractivity contribution in [3.05, 3.63) is 64.7 Å². The lowest BCUT2D eigenvalue weighted by Gasteiger charge is -2.09. The number of benzene rings is 2. The van der Waals surface area contributed by atoms with Gasteiger partial charge in [0.25, 0.3) is 5.91 Å². The third-order valence-electron chi connectivity index (χ3n) is 3.69. The highest BCUT2D eigenvalue weighted by molar-refractivity contribution is 6.30. The Bertz CT molecular complexity index is 730. The number of carbonyl (C=O) groups excluding carboxylic acids is 1. The molecule has 0 saturated heterocycles. The number of nitrogens with zero attached hydrogens (tertiary/aromatic N) is 1. The van der Waals surface area contributed by atoms with E-state index in [4.69, 9.17) is 16.3 Å². The van der Waals surface area contributed by atoms with Crippen molar-refractivity contribution in [3.8, 4) is 5.75 Å². The number of hydrogen-bond acceptors (Lipinski definition) is 3. The van der Waals surface area contributed by atoms with E-state index in [0.717, 1.165) is 36.1 Å². The smallest absolute Gasteiger partial charge is 0.277 e. The van der Waals surface area contributed by atoms with Gasteiger partial charge in [0.15, 0.2) is 6.61 Å². The number of ether oxygens (including phenoxy) is 1. The second kappa shape index (κ2) is 9.84. The van der Waals surface area contributed by atoms with Gasteiger partial charge < -0.3 is 4.74 Å². The summed E-state index contributed by atoms with van der Waals surface area (Å²) in [6, 6.07) is 15.2. The average Bonchev–Trinajstić information content (AvgIpc) is 2.62. The number of amides is 1. The molecule has 0 aliphatic heterocycles. The molecule has 2 aromatic carbocycles. The Morgan fingerprint density at radius 3 is 2.64 bits per heavy atom. The van der Waals surface area contributed by atoms with Crippen molar-refractivity contribution in [3.63, 3.8) is 0 Å². The molecule has 0 fully saturated rings. The third-order valence-corrected chi connectivity index (χ3v) is 3.92. The van der Waals surface area contributed by atoms with Crippen LogP contribution in [0.25, 0.3) is 0 Å². The van der Waals surface area contributed by atoms with Crippen molar-refractivity contribution in [2.45, 2.75) is 33.1 Å². The Hall–Kier alpha value is -2.33. The molecule has 0 spiro atoms. The summed E-state index contributed by atoms with van der Waals surface area (Å²) >= 11 is 5.91. The van der Waals surface area contributed by atoms with E-state index < -0.39 is 0 Å². The van der Waals surface area contributed by atoms with Crippen molar-refractivity contribution >= 4 is 23.2 Å². The Morgan fingerprint density at radius 1 is 1.20 bits per heavy atom. The summed E-state index contributed by atoms with van der Waals surface area (Å²) in [7, 11) is 0. The van der Waals surface area contributed by atoms with Crippen LogP contribution in [0.5, 0.6) is 5.75 Å². The monoisotopic (exact) mass is 358 g/mol. The summed E-state index contributed by atoms with van der Waals surface area (Å²) in [6.45, 7) is 3.92. The van der Waals surface area contributed by atoms with E-state index in [1.807, 2.05) is 37.3 Å². The first-order valence-electron chi connectivity index (χ1n) is 8.40. The van der Waals surface area contributed by atoms with E-state index in [-0.39, 0.29) is 12.5 Å². The zero-order valence-electron chi connectivity index (χ0n) is 14.6. The van der Waals surface area contributed by atoms with E-state index in [0.29, 0.717) is 10.8 Å². The number of hydrazone groups is 1. The molecule has 0 radical (unpaired) electrons. The molecule has 0 bridgehead atoms. The van der Waals surface area contributed by atoms with Crippen LogP contribution in [0.1, 0.15) is 37.3 Å². The SMILES string of the molecule is CCCC/C(=N/NC(=O)COc1ccc(Cl)cc1C)c1ccccc1. The highest BCUT2D eigenvalue weighted by atomic mass is 35.5. The molecule has 132 valence electrons. The standard InChI is InChI=1S/C20H23ClN2O2/c1-3-4-10-18(16-8-6-5-7-9-16)22-23-20(24)14-25-19-12-11-17(21)13-15(19)2/h5-9,11-13H,3-4,10,14H2,1-2H3,(H,23,24)/b22-18-. The Kier molecular flexibility index (Phi) is 7.48. The normalized spacial score (nSPS) is 11.2. The van der Waals surface area contributed by atoms with Gasteiger partial charge in [0, 0.05) is 5.02 Å². The summed E-state index contributed by atoms with van der Waals surface area (Å²) in [5, 5.41) is 4.94. The van der Waals surface area contributed by atoms with Crippen LogP contribution in [-0.2, 0) is 4.79 Å². The van der Waals surface area contributed by atoms with Crippen LogP contribution in [0.15, 0.2) is 53.6 Å². The lowest BCUT2D eigenvalue weighted by Crippen LogP contribution is -2.26. The van der Waals surface area contributed by atoms with Gasteiger partial charge in [0.05, 0.1) is 5.71 Å². The first-order valence-corrected chi connectivity index (χ1v) is 8.77. The molecule has 2 rings (SSSR count). The van der Waals surface area contributed by atoms with Gasteiger partial charge >= 0.3 is 0 Å². The van der Waals surface area contributed by atoms with Crippen LogP contribution < -0.4 is 10.2 Å². The minimum absolute atomic E-state index is 0.0954. The molecule has 0 saturated carbocycles. The van der Waals surface area contributed by atoms with Crippen LogP contribution >= 0.6 is 11.6 Å². The molecule has 1 N–H and O–H groups in total. The minimum atomic E-state index is -0.292. The van der Waals surface area contributed by atoms with Crippen LogP contribution in [0.4, 0.5) is 0 Å². The molecule has 5 heteroatoms. The second-order valence-electron chi connectivity index (χ2n) is 5.76. The maximum atomic E-state index is 12.0. The van der Waals surface area contributed by atoms with E-state index in [1.165, 1.54) is 0 Å². The maximum absolute atomic E-state index is 12.0. The highest BCUT2D eigenvalue weighted by Crippen LogP contribution is 2.21. The Morgan fingerprint density at radius 2 is 1.96 bits per heavy atom. The second-order valence-corrected chi connectivity index (χ2v) is 6.20. The zero-order chi connectivity index (χ0) is 18.1. The topological polar surface area (TPSA) is 50.7 Å². The van der Waals surface area contributed by atoms with Gasteiger partial charge in [0.1, 0.15) is 5.75 Å². The summed E-state index contributed by atoms with van der Waals surface area (Å²) in [5.74, 6) is 0.345. The number of nitrogens with one attached hydrogen (secondary N) is 1. The van der Waals surface area contributed by atoms with E-state index in [2.05, 4.69) is 17.5 Å². The van der Waals surface area contributed by atoms with Crippen LogP contribution in [0.3, 0.4) is 0 Å². The largest absolute Gasteiger partial charge is 0.483 e. The number of hydrogen-bond donors (Lipinski definition) is 1. The molecular formula is C20H23ClN2O2. The third kappa shape index (κ3) is 6.24. The summed E-state index contributed by atoms with van der Waals surface area (Å²) in [6.07, 6.45) is 2.90. The lowest BCUT2D eigenvalue weighted by atomic mass is 10.1. The van der Waals surface area contributed by atoms with Crippen LogP contribution in [0.2, 0.25) is 5.02 Å². The molecule has 0 heterocycles. The zero-order valence-corrected chi connectivity index (χ0v) is 15.3. The summed E-state index contributed by atoms with van der Waals surface area (Å²) in [4.78, 5) is 12.0. The number of halogens is 1. The summed E-state index contributed by atoms with van der Waals surface area (Å²) < 4.78 is 5.53. The number of unbranched alkanes of at least 4 members (excludes halogenated alkanes) is 1. The predicted molar refractivity (Wildman–Crippen MR) is 102 cm³/mol. The van der Waals surface area contributed by atoms with Gasteiger partial charge in [-0.15, -0.1) is 0 Å². The summed E-state index contributed by atoms with van der Waals surface area (Å²) in [5.41, 5.74) is 5.37. The molecule has 1 amide bonds. The molecular weight excluding hydrogens is 336 g/mol. The molecule has 25 heavy (non-hydrogen) atoms. The predicted octanol–water partition coefficient (Wildman–Crippen LogP) is 4.74. The fourth-order valence-corrected chi connectivity index (χ4v) is 2.55. The van der Waals surface area contributed by atoms with Gasteiger partial charge in [-0.05, 0) is 49.1 Å². The van der Waals surface area contributed by atoms with Gasteiger partial charge in [-0.25, -0.2) is 5.43 Å². The first kappa shape index (κ1) is 19.0. The Balaban J connectivity index is 1.96. The molecule has 0 unspecified atom stereocenters. The maximum Gasteiger partial charge on any atom is 0.277 e. The molecule has 0 aliphatic carbocycles. The van der Waals surface area contributed by atoms with Crippen molar-refractivity contribution in [2.24, 2.45) is 5.10 Å². The van der Waals surface area contributed by atoms with E-state index in [9.17, 15) is 4.79 Å². The van der Waals surface area contributed by atoms with Gasteiger partial charge in [0.2, 0.25) is 0 Å². The first-order chi connectivity index (χ1) is 12.1. The van der Waals surface area contributed by atoms with E-state index >= 15 is 0 Å². The van der Waals surface area contributed by atoms with Crippen molar-refractivity contribution in [1.82, 2.24) is 5.43 Å². The molecule has 4 nitrogen and oxygen atoms in total. The lowest BCUT2D eigenvalue weighted by molar-refractivity contribution is -0.123. The molecule has 2 aromatic rings. The molecule has 0 aromatic heterocycles. The van der Waals surface area contributed by atoms with Gasteiger partial charge in [-0.2, -0.15) is 5.10 Å². The number of carbonyl (C=O) groups is 1. The molecule has 0 aliphatic rings. The molecule has 0 atom stereocenters. The Labute approximate surface area is 153 Å². The fraction of sp³-hybridized carbons (Fsp3) is 0.300. The number of rotatable bonds is 8. The number of aryl methyl sites for hydroxylation is 1. The minimum Gasteiger partial charge on any atom is -0.483 e. The van der Waals surface area contributed by atoms with E-state index in [1.54, 1.807) is 18.2 Å². The van der Waals surface area contributed by atoms with Gasteiger partial charge in [-0.3, -0.25) is 4.79 Å². The fourth-order valence-electron chi connectivity index (χ4n) is 2.32. The van der Waals surface area contributed by atoms with Crippen LogP contribution in [0, 0.1) is 6.92 Å². The van der Waals surface area contributed by atoms with Crippen molar-refractivity contribution in [2.75, 3.05) is 6.61 Å². The van der Waals surface area contributed by atoms with Gasteiger partial charge in [-0.1, -0.05) is 55.3 Å². The average molecular weight is 359 g/mol. The van der Waals surface area contributed by atoms with Crippen molar-refractivity contribution < 1.29 is 9.53 Å².